The lowest BCUT2D eigenvalue weighted by Crippen LogP contribution is -2.47. The highest BCUT2D eigenvalue weighted by atomic mass is 16.5. The number of hydrogen-bond acceptors (Lipinski definition) is 5. The van der Waals surface area contributed by atoms with Crippen LogP contribution in [-0.2, 0) is 17.9 Å². The lowest BCUT2D eigenvalue weighted by Gasteiger charge is -2.36. The number of carbonyl (C=O) groups excluding carboxylic acids is 1. The largest absolute Gasteiger partial charge is 0.361 e. The van der Waals surface area contributed by atoms with E-state index in [0.717, 1.165) is 55.3 Å². The molecule has 3 fully saturated rings. The third-order valence-corrected chi connectivity index (χ3v) is 5.31. The van der Waals surface area contributed by atoms with E-state index < -0.39 is 0 Å². The van der Waals surface area contributed by atoms with Gasteiger partial charge in [0.15, 0.2) is 0 Å². The molecule has 24 heavy (non-hydrogen) atoms. The molecule has 2 aromatic rings. The van der Waals surface area contributed by atoms with Gasteiger partial charge in [0.2, 0.25) is 5.91 Å². The maximum Gasteiger partial charge on any atom is 0.227 e. The molecule has 2 aromatic heterocycles. The van der Waals surface area contributed by atoms with E-state index in [1.54, 1.807) is 6.20 Å². The Labute approximate surface area is 141 Å². The zero-order valence-corrected chi connectivity index (χ0v) is 14.2. The van der Waals surface area contributed by atoms with Crippen molar-refractivity contribution in [2.45, 2.75) is 45.8 Å². The quantitative estimate of drug-likeness (QED) is 0.922. The molecule has 2 atom stereocenters. The summed E-state index contributed by atoms with van der Waals surface area (Å²) in [5.41, 5.74) is 1.93. The molecular weight excluding hydrogens is 306 g/mol. The van der Waals surface area contributed by atoms with Crippen LogP contribution in [0, 0.1) is 19.8 Å². The van der Waals surface area contributed by atoms with Crippen molar-refractivity contribution in [3.63, 3.8) is 0 Å². The van der Waals surface area contributed by atoms with Crippen LogP contribution in [0.4, 0.5) is 0 Å². The predicted molar refractivity (Wildman–Crippen MR) is 86.9 cm³/mol. The zero-order valence-electron chi connectivity index (χ0n) is 14.2. The highest BCUT2D eigenvalue weighted by Gasteiger charge is 2.41. The van der Waals surface area contributed by atoms with E-state index in [9.17, 15) is 4.79 Å². The molecule has 3 aliphatic rings. The van der Waals surface area contributed by atoms with Gasteiger partial charge in [0.25, 0.3) is 0 Å². The maximum absolute atomic E-state index is 12.9. The van der Waals surface area contributed by atoms with Gasteiger partial charge in [-0.05, 0) is 26.7 Å². The standard InChI is InChI=1S/C17H23N5O2/c1-11-15(12(2)24-20-11)9-22-14-4-3-13(17(22)23)7-21(8-14)10-16-18-5-6-19-16/h5-6,13-14H,3-4,7-10H2,1-2H3,(H,18,19)/t13-,14+/m1/s1. The smallest absolute Gasteiger partial charge is 0.227 e. The number of aromatic amines is 1. The SMILES string of the molecule is Cc1noc(C)c1CN1C(=O)[C@@H]2CC[C@H]1CN(Cc1ncc[nH]1)C2. The van der Waals surface area contributed by atoms with E-state index in [-0.39, 0.29) is 17.9 Å². The molecule has 5 heterocycles. The summed E-state index contributed by atoms with van der Waals surface area (Å²) in [5, 5.41) is 4.02. The number of aromatic nitrogens is 3. The Morgan fingerprint density at radius 3 is 2.88 bits per heavy atom. The highest BCUT2D eigenvalue weighted by Crippen LogP contribution is 2.31. The molecule has 0 unspecified atom stereocenters. The van der Waals surface area contributed by atoms with Crippen LogP contribution < -0.4 is 0 Å². The number of carbonyl (C=O) groups is 1. The van der Waals surface area contributed by atoms with Crippen LogP contribution in [0.2, 0.25) is 0 Å². The van der Waals surface area contributed by atoms with Gasteiger partial charge in [0.05, 0.1) is 24.7 Å². The zero-order chi connectivity index (χ0) is 16.7. The first-order valence-electron chi connectivity index (χ1n) is 8.54. The molecule has 0 saturated carbocycles. The monoisotopic (exact) mass is 329 g/mol. The first-order valence-corrected chi connectivity index (χ1v) is 8.54. The minimum atomic E-state index is 0.0826. The summed E-state index contributed by atoms with van der Waals surface area (Å²) in [6.07, 6.45) is 5.66. The van der Waals surface area contributed by atoms with Gasteiger partial charge in [-0.15, -0.1) is 0 Å². The fraction of sp³-hybridized carbons (Fsp3) is 0.588. The topological polar surface area (TPSA) is 78.3 Å². The second-order valence-electron chi connectivity index (χ2n) is 6.93. The van der Waals surface area contributed by atoms with Crippen LogP contribution in [0.5, 0.6) is 0 Å². The summed E-state index contributed by atoms with van der Waals surface area (Å²) in [7, 11) is 0. The molecule has 128 valence electrons. The number of amides is 1. The van der Waals surface area contributed by atoms with Gasteiger partial charge in [-0.25, -0.2) is 4.98 Å². The van der Waals surface area contributed by atoms with E-state index in [0.29, 0.717) is 6.54 Å². The van der Waals surface area contributed by atoms with Crippen molar-refractivity contribution in [2.24, 2.45) is 5.92 Å². The molecule has 0 aromatic carbocycles. The molecular formula is C17H23N5O2. The van der Waals surface area contributed by atoms with Crippen LogP contribution in [0.1, 0.15) is 35.7 Å². The lowest BCUT2D eigenvalue weighted by molar-refractivity contribution is -0.140. The molecule has 0 aliphatic carbocycles. The number of H-pyrrole nitrogens is 1. The normalized spacial score (nSPS) is 24.6. The van der Waals surface area contributed by atoms with Gasteiger partial charge in [0.1, 0.15) is 11.6 Å². The number of fused-ring (bicyclic) bond motifs is 4. The van der Waals surface area contributed by atoms with Gasteiger partial charge < -0.3 is 14.4 Å². The molecule has 1 amide bonds. The molecule has 7 heteroatoms. The fourth-order valence-electron chi connectivity index (χ4n) is 3.96. The summed E-state index contributed by atoms with van der Waals surface area (Å²) in [6, 6.07) is 0.250. The molecule has 3 saturated heterocycles. The molecule has 0 spiro atoms. The van der Waals surface area contributed by atoms with Crippen molar-refractivity contribution in [3.8, 4) is 0 Å². The van der Waals surface area contributed by atoms with Crippen LogP contribution >= 0.6 is 0 Å². The van der Waals surface area contributed by atoms with Crippen molar-refractivity contribution in [1.82, 2.24) is 24.9 Å². The van der Waals surface area contributed by atoms with Gasteiger partial charge in [-0.1, -0.05) is 5.16 Å². The van der Waals surface area contributed by atoms with Gasteiger partial charge in [-0.2, -0.15) is 0 Å². The first-order chi connectivity index (χ1) is 11.6. The van der Waals surface area contributed by atoms with Gasteiger partial charge >= 0.3 is 0 Å². The number of nitrogens with one attached hydrogen (secondary N) is 1. The van der Waals surface area contributed by atoms with E-state index in [1.807, 2.05) is 24.9 Å². The first kappa shape index (κ1) is 15.4. The Hall–Kier alpha value is -2.15. The molecule has 0 radical (unpaired) electrons. The third-order valence-electron chi connectivity index (χ3n) is 5.31. The molecule has 2 bridgehead atoms. The average molecular weight is 329 g/mol. The Kier molecular flexibility index (Phi) is 3.88. The summed E-state index contributed by atoms with van der Waals surface area (Å²) in [6.45, 7) is 6.94. The Morgan fingerprint density at radius 1 is 1.29 bits per heavy atom. The van der Waals surface area contributed by atoms with E-state index in [2.05, 4.69) is 20.0 Å². The third kappa shape index (κ3) is 2.73. The van der Waals surface area contributed by atoms with Gasteiger partial charge in [0, 0.05) is 37.1 Å². The van der Waals surface area contributed by atoms with Crippen LogP contribution in [0.15, 0.2) is 16.9 Å². The Bertz CT molecular complexity index is 704. The maximum atomic E-state index is 12.9. The average Bonchev–Trinajstić information content (AvgIpc) is 3.08. The minimum Gasteiger partial charge on any atom is -0.361 e. The highest BCUT2D eigenvalue weighted by molar-refractivity contribution is 5.80. The summed E-state index contributed by atoms with van der Waals surface area (Å²) < 4.78 is 5.26. The summed E-state index contributed by atoms with van der Waals surface area (Å²) in [4.78, 5) is 24.8. The van der Waals surface area contributed by atoms with E-state index >= 15 is 0 Å². The molecule has 3 aliphatic heterocycles. The Morgan fingerprint density at radius 2 is 2.17 bits per heavy atom. The van der Waals surface area contributed by atoms with E-state index in [4.69, 9.17) is 4.52 Å². The van der Waals surface area contributed by atoms with Crippen molar-refractivity contribution in [1.29, 1.82) is 0 Å². The fourth-order valence-corrected chi connectivity index (χ4v) is 3.96. The molecule has 1 N–H and O–H groups in total. The van der Waals surface area contributed by atoms with Crippen molar-refractivity contribution < 1.29 is 9.32 Å². The van der Waals surface area contributed by atoms with Crippen molar-refractivity contribution in [3.05, 3.63) is 35.2 Å². The van der Waals surface area contributed by atoms with E-state index in [1.165, 1.54) is 0 Å². The van der Waals surface area contributed by atoms with Crippen LogP contribution in [-0.4, -0.2) is 50.0 Å². The van der Waals surface area contributed by atoms with Crippen molar-refractivity contribution >= 4 is 5.91 Å². The number of hydrogen-bond donors (Lipinski definition) is 1. The summed E-state index contributed by atoms with van der Waals surface area (Å²) in [5.74, 6) is 2.13. The van der Waals surface area contributed by atoms with Crippen molar-refractivity contribution in [2.75, 3.05) is 13.1 Å². The summed E-state index contributed by atoms with van der Waals surface area (Å²) >= 11 is 0. The second-order valence-corrected chi connectivity index (χ2v) is 6.93. The van der Waals surface area contributed by atoms with Gasteiger partial charge in [-0.3, -0.25) is 9.69 Å². The number of piperidine rings is 1. The van der Waals surface area contributed by atoms with Crippen LogP contribution in [0.25, 0.3) is 0 Å². The predicted octanol–water partition coefficient (Wildman–Crippen LogP) is 1.64. The number of rotatable bonds is 4. The number of nitrogens with zero attached hydrogens (tertiary/aromatic N) is 4. The molecule has 5 rings (SSSR count). The molecule has 7 nitrogen and oxygen atoms in total. The number of imidazole rings is 1. The minimum absolute atomic E-state index is 0.0826. The van der Waals surface area contributed by atoms with Crippen LogP contribution in [0.3, 0.4) is 0 Å². The number of aryl methyl sites for hydroxylation is 2. The lowest BCUT2D eigenvalue weighted by atomic mass is 9.93. The Balaban J connectivity index is 1.53. The second kappa shape index (κ2) is 6.05.